The van der Waals surface area contributed by atoms with Crippen LogP contribution in [-0.4, -0.2) is 17.9 Å². The van der Waals surface area contributed by atoms with E-state index >= 15 is 0 Å². The molecule has 0 aliphatic carbocycles. The monoisotopic (exact) mass is 340 g/mol. The van der Waals surface area contributed by atoms with E-state index in [9.17, 15) is 9.59 Å². The molecular formula is C20H24N2O3. The van der Waals surface area contributed by atoms with Crippen molar-refractivity contribution >= 4 is 23.2 Å². The molecular weight excluding hydrogens is 316 g/mol. The molecule has 2 amide bonds. The molecule has 1 atom stereocenters. The Labute approximate surface area is 148 Å². The number of anilines is 2. The lowest BCUT2D eigenvalue weighted by Gasteiger charge is -2.18. The minimum Gasteiger partial charge on any atom is -0.480 e. The molecule has 5 heteroatoms. The average Bonchev–Trinajstić information content (AvgIpc) is 2.53. The number of rotatable bonds is 5. The van der Waals surface area contributed by atoms with Gasteiger partial charge in [0.2, 0.25) is 5.91 Å². The van der Waals surface area contributed by atoms with Crippen LogP contribution < -0.4 is 15.4 Å². The summed E-state index contributed by atoms with van der Waals surface area (Å²) in [4.78, 5) is 23.7. The van der Waals surface area contributed by atoms with Gasteiger partial charge in [-0.05, 0) is 56.5 Å². The summed E-state index contributed by atoms with van der Waals surface area (Å²) in [6.07, 6.45) is -0.648. The van der Waals surface area contributed by atoms with Crippen molar-refractivity contribution in [2.24, 2.45) is 0 Å². The van der Waals surface area contributed by atoms with E-state index in [4.69, 9.17) is 4.74 Å². The normalized spacial score (nSPS) is 11.6. The summed E-state index contributed by atoms with van der Waals surface area (Å²) in [5.41, 5.74) is 4.18. The minimum absolute atomic E-state index is 0.154. The number of benzene rings is 2. The zero-order valence-corrected chi connectivity index (χ0v) is 15.3. The molecule has 0 aliphatic heterocycles. The second kappa shape index (κ2) is 7.83. The molecule has 2 aromatic carbocycles. The number of hydrogen-bond donors (Lipinski definition) is 2. The topological polar surface area (TPSA) is 67.4 Å². The van der Waals surface area contributed by atoms with Crippen LogP contribution in [0.4, 0.5) is 11.4 Å². The quantitative estimate of drug-likeness (QED) is 0.865. The third-order valence-corrected chi connectivity index (χ3v) is 3.89. The summed E-state index contributed by atoms with van der Waals surface area (Å²) in [6, 6.07) is 11.2. The maximum atomic E-state index is 12.4. The van der Waals surface area contributed by atoms with Crippen molar-refractivity contribution < 1.29 is 14.3 Å². The number of para-hydroxylation sites is 1. The molecule has 5 nitrogen and oxygen atoms in total. The van der Waals surface area contributed by atoms with Crippen LogP contribution in [0.2, 0.25) is 0 Å². The molecule has 1 unspecified atom stereocenters. The number of ether oxygens (including phenoxy) is 1. The van der Waals surface area contributed by atoms with Gasteiger partial charge < -0.3 is 15.4 Å². The molecule has 0 saturated carbocycles. The second-order valence-corrected chi connectivity index (χ2v) is 6.18. The first-order valence-corrected chi connectivity index (χ1v) is 8.20. The van der Waals surface area contributed by atoms with Gasteiger partial charge in [-0.1, -0.05) is 24.3 Å². The molecule has 0 saturated heterocycles. The molecule has 0 spiro atoms. The summed E-state index contributed by atoms with van der Waals surface area (Å²) in [7, 11) is 0. The van der Waals surface area contributed by atoms with Crippen molar-refractivity contribution in [1.82, 2.24) is 0 Å². The van der Waals surface area contributed by atoms with E-state index in [0.717, 1.165) is 22.4 Å². The summed E-state index contributed by atoms with van der Waals surface area (Å²) in [6.45, 7) is 8.96. The van der Waals surface area contributed by atoms with Crippen molar-refractivity contribution in [1.29, 1.82) is 0 Å². The Bertz CT molecular complexity index is 779. The Morgan fingerprint density at radius 3 is 2.20 bits per heavy atom. The highest BCUT2D eigenvalue weighted by atomic mass is 16.5. The van der Waals surface area contributed by atoms with Gasteiger partial charge in [-0.2, -0.15) is 0 Å². The molecule has 0 radical (unpaired) electrons. The third kappa shape index (κ3) is 4.83. The molecule has 0 fully saturated rings. The Morgan fingerprint density at radius 2 is 1.60 bits per heavy atom. The van der Waals surface area contributed by atoms with E-state index in [0.29, 0.717) is 11.4 Å². The Morgan fingerprint density at radius 1 is 0.960 bits per heavy atom. The second-order valence-electron chi connectivity index (χ2n) is 6.18. The van der Waals surface area contributed by atoms with Gasteiger partial charge >= 0.3 is 0 Å². The fourth-order valence-corrected chi connectivity index (χ4v) is 2.48. The highest BCUT2D eigenvalue weighted by Gasteiger charge is 2.17. The predicted molar refractivity (Wildman–Crippen MR) is 100 cm³/mol. The van der Waals surface area contributed by atoms with Gasteiger partial charge in [-0.15, -0.1) is 0 Å². The lowest BCUT2D eigenvalue weighted by Crippen LogP contribution is -2.30. The fourth-order valence-electron chi connectivity index (χ4n) is 2.48. The van der Waals surface area contributed by atoms with Gasteiger partial charge in [-0.3, -0.25) is 9.59 Å². The van der Waals surface area contributed by atoms with Gasteiger partial charge in [0, 0.05) is 18.3 Å². The van der Waals surface area contributed by atoms with Gasteiger partial charge in [0.25, 0.3) is 5.91 Å². The van der Waals surface area contributed by atoms with Crippen molar-refractivity contribution in [3.05, 3.63) is 53.1 Å². The molecule has 0 bridgehead atoms. The van der Waals surface area contributed by atoms with Crippen LogP contribution in [-0.2, 0) is 9.59 Å². The first-order chi connectivity index (χ1) is 11.8. The molecule has 132 valence electrons. The Balaban J connectivity index is 2.10. The standard InChI is InChI=1S/C20H24N2O3/c1-12-9-10-17(11-18(12)21-16(5)23)22-20(24)15(4)25-19-13(2)7-6-8-14(19)3/h6-11,15H,1-5H3,(H,21,23)(H,22,24). The van der Waals surface area contributed by atoms with Crippen LogP contribution in [0.3, 0.4) is 0 Å². The number of nitrogens with one attached hydrogen (secondary N) is 2. The Kier molecular flexibility index (Phi) is 5.80. The minimum atomic E-state index is -0.648. The smallest absolute Gasteiger partial charge is 0.265 e. The lowest BCUT2D eigenvalue weighted by atomic mass is 10.1. The van der Waals surface area contributed by atoms with Gasteiger partial charge in [0.1, 0.15) is 5.75 Å². The Hall–Kier alpha value is -2.82. The molecule has 25 heavy (non-hydrogen) atoms. The zero-order valence-electron chi connectivity index (χ0n) is 15.3. The van der Waals surface area contributed by atoms with E-state index < -0.39 is 6.10 Å². The van der Waals surface area contributed by atoms with Gasteiger partial charge in [-0.25, -0.2) is 0 Å². The molecule has 0 aromatic heterocycles. The molecule has 0 aliphatic rings. The van der Waals surface area contributed by atoms with E-state index in [-0.39, 0.29) is 11.8 Å². The van der Waals surface area contributed by atoms with Crippen LogP contribution in [0, 0.1) is 20.8 Å². The van der Waals surface area contributed by atoms with E-state index in [1.54, 1.807) is 19.1 Å². The first-order valence-electron chi connectivity index (χ1n) is 8.20. The number of aryl methyl sites for hydroxylation is 3. The third-order valence-electron chi connectivity index (χ3n) is 3.89. The van der Waals surface area contributed by atoms with Gasteiger partial charge in [0.15, 0.2) is 6.10 Å². The number of carbonyl (C=O) groups excluding carboxylic acids is 2. The van der Waals surface area contributed by atoms with Crippen LogP contribution in [0.25, 0.3) is 0 Å². The number of hydrogen-bond acceptors (Lipinski definition) is 3. The van der Waals surface area contributed by atoms with Crippen molar-refractivity contribution in [2.75, 3.05) is 10.6 Å². The first kappa shape index (κ1) is 18.5. The lowest BCUT2D eigenvalue weighted by molar-refractivity contribution is -0.122. The average molecular weight is 340 g/mol. The summed E-state index contributed by atoms with van der Waals surface area (Å²) in [5.74, 6) is 0.326. The highest BCUT2D eigenvalue weighted by molar-refractivity contribution is 5.96. The molecule has 2 N–H and O–H groups in total. The van der Waals surface area contributed by atoms with Crippen molar-refractivity contribution in [2.45, 2.75) is 40.7 Å². The van der Waals surface area contributed by atoms with Crippen LogP contribution in [0.15, 0.2) is 36.4 Å². The number of carbonyl (C=O) groups is 2. The van der Waals surface area contributed by atoms with Crippen LogP contribution in [0.1, 0.15) is 30.5 Å². The summed E-state index contributed by atoms with van der Waals surface area (Å²) in [5, 5.41) is 5.58. The van der Waals surface area contributed by atoms with Gasteiger partial charge in [0.05, 0.1) is 0 Å². The number of amides is 2. The largest absolute Gasteiger partial charge is 0.480 e. The van der Waals surface area contributed by atoms with E-state index in [1.165, 1.54) is 6.92 Å². The summed E-state index contributed by atoms with van der Waals surface area (Å²) >= 11 is 0. The van der Waals surface area contributed by atoms with Crippen molar-refractivity contribution in [3.8, 4) is 5.75 Å². The van der Waals surface area contributed by atoms with E-state index in [1.807, 2.05) is 45.0 Å². The molecule has 0 heterocycles. The zero-order chi connectivity index (χ0) is 18.6. The molecule has 2 rings (SSSR count). The molecule has 2 aromatic rings. The summed E-state index contributed by atoms with van der Waals surface area (Å²) < 4.78 is 5.85. The SMILES string of the molecule is CC(=O)Nc1cc(NC(=O)C(C)Oc2c(C)cccc2C)ccc1C. The highest BCUT2D eigenvalue weighted by Crippen LogP contribution is 2.24. The van der Waals surface area contributed by atoms with Crippen molar-refractivity contribution in [3.63, 3.8) is 0 Å². The van der Waals surface area contributed by atoms with E-state index in [2.05, 4.69) is 10.6 Å². The maximum Gasteiger partial charge on any atom is 0.265 e. The predicted octanol–water partition coefficient (Wildman–Crippen LogP) is 3.98. The maximum absolute atomic E-state index is 12.4. The fraction of sp³-hybridized carbons (Fsp3) is 0.300. The van der Waals surface area contributed by atoms with Crippen LogP contribution >= 0.6 is 0 Å². The van der Waals surface area contributed by atoms with Crippen LogP contribution in [0.5, 0.6) is 5.75 Å².